The molecular formula is C11H8O4. The fourth-order valence-electron chi connectivity index (χ4n) is 1.52. The lowest BCUT2D eigenvalue weighted by Gasteiger charge is -2.22. The van der Waals surface area contributed by atoms with Gasteiger partial charge in [-0.25, -0.2) is 9.59 Å². The van der Waals surface area contributed by atoms with Gasteiger partial charge in [-0.2, -0.15) is 0 Å². The molecule has 1 atom stereocenters. The number of esters is 1. The maximum atomic E-state index is 11.4. The van der Waals surface area contributed by atoms with Gasteiger partial charge in [0.1, 0.15) is 11.7 Å². The van der Waals surface area contributed by atoms with E-state index < -0.39 is 12.1 Å². The number of para-hydroxylation sites is 1. The van der Waals surface area contributed by atoms with Crippen molar-refractivity contribution in [1.82, 2.24) is 0 Å². The van der Waals surface area contributed by atoms with Gasteiger partial charge in [-0.3, -0.25) is 0 Å². The van der Waals surface area contributed by atoms with Crippen molar-refractivity contribution in [2.75, 3.05) is 7.11 Å². The lowest BCUT2D eigenvalue weighted by atomic mass is 9.98. The summed E-state index contributed by atoms with van der Waals surface area (Å²) < 4.78 is 9.89. The molecule has 1 heterocycles. The maximum Gasteiger partial charge on any atom is 0.346 e. The molecule has 0 amide bonds. The minimum Gasteiger partial charge on any atom is -0.424 e. The van der Waals surface area contributed by atoms with Gasteiger partial charge < -0.3 is 9.47 Å². The van der Waals surface area contributed by atoms with Crippen molar-refractivity contribution in [3.8, 4) is 5.75 Å². The summed E-state index contributed by atoms with van der Waals surface area (Å²) in [5.74, 6) is 1.51. The Morgan fingerprint density at radius 2 is 2.13 bits per heavy atom. The van der Waals surface area contributed by atoms with E-state index in [1.807, 2.05) is 0 Å². The molecule has 2 rings (SSSR count). The zero-order valence-electron chi connectivity index (χ0n) is 8.02. The standard InChI is InChI=1S/C11H8O4/c1-14-10-8(6-12)7-4-2-3-5-9(7)15-11(10)13/h2-5,10H,1H3. The minimum atomic E-state index is -0.975. The van der Waals surface area contributed by atoms with Crippen LogP contribution < -0.4 is 4.74 Å². The highest BCUT2D eigenvalue weighted by molar-refractivity contribution is 6.05. The van der Waals surface area contributed by atoms with E-state index in [0.717, 1.165) is 0 Å². The van der Waals surface area contributed by atoms with Gasteiger partial charge >= 0.3 is 5.97 Å². The second-order valence-corrected chi connectivity index (χ2v) is 3.05. The lowest BCUT2D eigenvalue weighted by Crippen LogP contribution is -2.33. The van der Waals surface area contributed by atoms with Crippen molar-refractivity contribution in [1.29, 1.82) is 0 Å². The van der Waals surface area contributed by atoms with Crippen LogP contribution in [0.4, 0.5) is 0 Å². The number of ether oxygens (including phenoxy) is 2. The number of fused-ring (bicyclic) bond motifs is 1. The van der Waals surface area contributed by atoms with E-state index in [9.17, 15) is 9.59 Å². The first-order valence-electron chi connectivity index (χ1n) is 4.37. The Labute approximate surface area is 86.1 Å². The number of hydrogen-bond donors (Lipinski definition) is 0. The highest BCUT2D eigenvalue weighted by Gasteiger charge is 2.33. The Morgan fingerprint density at radius 3 is 2.80 bits per heavy atom. The number of benzene rings is 1. The molecule has 1 aromatic carbocycles. The first kappa shape index (κ1) is 9.65. The Kier molecular flexibility index (Phi) is 2.37. The summed E-state index contributed by atoms with van der Waals surface area (Å²) in [5, 5.41) is 0. The zero-order valence-corrected chi connectivity index (χ0v) is 8.02. The van der Waals surface area contributed by atoms with Crippen molar-refractivity contribution in [3.05, 3.63) is 29.8 Å². The van der Waals surface area contributed by atoms with Gasteiger partial charge in [0.2, 0.25) is 0 Å². The molecule has 1 unspecified atom stereocenters. The molecule has 0 aliphatic carbocycles. The van der Waals surface area contributed by atoms with Crippen LogP contribution >= 0.6 is 0 Å². The molecule has 0 aromatic heterocycles. The molecule has 0 radical (unpaired) electrons. The highest BCUT2D eigenvalue weighted by atomic mass is 16.6. The Balaban J connectivity index is 2.60. The molecule has 4 nitrogen and oxygen atoms in total. The summed E-state index contributed by atoms with van der Waals surface area (Å²) in [4.78, 5) is 22.2. The monoisotopic (exact) mass is 204 g/mol. The van der Waals surface area contributed by atoms with Crippen LogP contribution in [-0.2, 0) is 14.3 Å². The van der Waals surface area contributed by atoms with E-state index in [4.69, 9.17) is 9.47 Å². The normalized spacial score (nSPS) is 19.1. The third-order valence-electron chi connectivity index (χ3n) is 2.21. The summed E-state index contributed by atoms with van der Waals surface area (Å²) in [7, 11) is 1.34. The van der Waals surface area contributed by atoms with Crippen LogP contribution in [0, 0.1) is 0 Å². The molecule has 0 N–H and O–H groups in total. The van der Waals surface area contributed by atoms with E-state index >= 15 is 0 Å². The SMILES string of the molecule is COC1C(=O)Oc2ccccc2C1=C=O. The van der Waals surface area contributed by atoms with Crippen molar-refractivity contribution >= 4 is 17.5 Å². The third-order valence-corrected chi connectivity index (χ3v) is 2.21. The lowest BCUT2D eigenvalue weighted by molar-refractivity contribution is -0.142. The molecule has 0 saturated carbocycles. The van der Waals surface area contributed by atoms with Crippen LogP contribution in [0.25, 0.3) is 5.57 Å². The highest BCUT2D eigenvalue weighted by Crippen LogP contribution is 2.32. The summed E-state index contributed by atoms with van der Waals surface area (Å²) in [5.41, 5.74) is 0.739. The molecule has 4 heteroatoms. The fraction of sp³-hybridized carbons (Fsp3) is 0.182. The smallest absolute Gasteiger partial charge is 0.346 e. The minimum absolute atomic E-state index is 0.185. The quantitative estimate of drug-likeness (QED) is 0.386. The largest absolute Gasteiger partial charge is 0.424 e. The fourth-order valence-corrected chi connectivity index (χ4v) is 1.52. The summed E-state index contributed by atoms with van der Waals surface area (Å²) in [6.07, 6.45) is -0.975. The Hall–Kier alpha value is -1.90. The van der Waals surface area contributed by atoms with E-state index in [2.05, 4.69) is 0 Å². The molecule has 15 heavy (non-hydrogen) atoms. The second-order valence-electron chi connectivity index (χ2n) is 3.05. The average molecular weight is 204 g/mol. The molecule has 0 spiro atoms. The van der Waals surface area contributed by atoms with Crippen LogP contribution in [0.15, 0.2) is 24.3 Å². The zero-order chi connectivity index (χ0) is 10.8. The van der Waals surface area contributed by atoms with Crippen molar-refractivity contribution in [3.63, 3.8) is 0 Å². The maximum absolute atomic E-state index is 11.4. The van der Waals surface area contributed by atoms with Gasteiger partial charge in [0.15, 0.2) is 6.10 Å². The number of hydrogen-bond acceptors (Lipinski definition) is 4. The summed E-state index contributed by atoms with van der Waals surface area (Å²) in [6.45, 7) is 0. The predicted octanol–water partition coefficient (Wildman–Crippen LogP) is 0.836. The van der Waals surface area contributed by atoms with Gasteiger partial charge in [0, 0.05) is 12.7 Å². The third kappa shape index (κ3) is 1.46. The predicted molar refractivity (Wildman–Crippen MR) is 52.0 cm³/mol. The van der Waals surface area contributed by atoms with E-state index in [0.29, 0.717) is 11.3 Å². The van der Waals surface area contributed by atoms with Crippen molar-refractivity contribution in [2.45, 2.75) is 6.10 Å². The topological polar surface area (TPSA) is 52.6 Å². The van der Waals surface area contributed by atoms with Crippen LogP contribution in [0.3, 0.4) is 0 Å². The van der Waals surface area contributed by atoms with Crippen LogP contribution in [0.1, 0.15) is 5.56 Å². The molecule has 0 bridgehead atoms. The number of methoxy groups -OCH3 is 1. The van der Waals surface area contributed by atoms with Gasteiger partial charge in [0.05, 0.1) is 5.57 Å². The molecular weight excluding hydrogens is 196 g/mol. The first-order valence-corrected chi connectivity index (χ1v) is 4.37. The molecule has 0 saturated heterocycles. The molecule has 1 aromatic rings. The average Bonchev–Trinajstić information content (AvgIpc) is 2.27. The first-order chi connectivity index (χ1) is 7.27. The second kappa shape index (κ2) is 3.69. The van der Waals surface area contributed by atoms with E-state index in [1.165, 1.54) is 7.11 Å². The summed E-state index contributed by atoms with van der Waals surface area (Å²) >= 11 is 0. The summed E-state index contributed by atoms with van der Waals surface area (Å²) in [6, 6.07) is 6.79. The van der Waals surface area contributed by atoms with Gasteiger partial charge in [-0.05, 0) is 6.07 Å². The molecule has 1 aliphatic rings. The molecule has 1 aliphatic heterocycles. The van der Waals surface area contributed by atoms with Gasteiger partial charge in [-0.15, -0.1) is 0 Å². The number of carbonyl (C=O) groups is 1. The number of carbonyl (C=O) groups excluding carboxylic acids is 2. The van der Waals surface area contributed by atoms with Crippen LogP contribution in [0.2, 0.25) is 0 Å². The van der Waals surface area contributed by atoms with E-state index in [1.54, 1.807) is 30.2 Å². The van der Waals surface area contributed by atoms with E-state index in [-0.39, 0.29) is 5.57 Å². The van der Waals surface area contributed by atoms with Crippen LogP contribution in [0.5, 0.6) is 5.75 Å². The Morgan fingerprint density at radius 1 is 1.40 bits per heavy atom. The van der Waals surface area contributed by atoms with Gasteiger partial charge in [-0.1, -0.05) is 18.2 Å². The molecule has 76 valence electrons. The molecule has 0 fully saturated rings. The van der Waals surface area contributed by atoms with Crippen molar-refractivity contribution < 1.29 is 19.1 Å². The number of rotatable bonds is 1. The van der Waals surface area contributed by atoms with Crippen molar-refractivity contribution in [2.24, 2.45) is 0 Å². The Bertz CT molecular complexity index is 457. The van der Waals surface area contributed by atoms with Crippen LogP contribution in [-0.4, -0.2) is 25.1 Å². The van der Waals surface area contributed by atoms with Gasteiger partial charge in [0.25, 0.3) is 0 Å².